The molecule has 1 saturated heterocycles. The lowest BCUT2D eigenvalue weighted by Crippen LogP contribution is -2.34. The lowest BCUT2D eigenvalue weighted by molar-refractivity contribution is 0.404. The summed E-state index contributed by atoms with van der Waals surface area (Å²) in [6.07, 6.45) is 1.19. The molecule has 20 heavy (non-hydrogen) atoms. The molecule has 0 saturated carbocycles. The van der Waals surface area contributed by atoms with E-state index in [1.807, 2.05) is 0 Å². The molecule has 0 bridgehead atoms. The molecule has 1 fully saturated rings. The number of halogens is 2. The predicted octanol–water partition coefficient (Wildman–Crippen LogP) is 5.07. The van der Waals surface area contributed by atoms with Gasteiger partial charge in [-0.2, -0.15) is 0 Å². The van der Waals surface area contributed by atoms with Crippen molar-refractivity contribution in [2.75, 3.05) is 13.1 Å². The van der Waals surface area contributed by atoms with Crippen molar-refractivity contribution in [2.45, 2.75) is 18.3 Å². The van der Waals surface area contributed by atoms with Gasteiger partial charge >= 0.3 is 0 Å². The third kappa shape index (κ3) is 3.16. The van der Waals surface area contributed by atoms with Crippen LogP contribution in [-0.2, 0) is 0 Å². The van der Waals surface area contributed by atoms with E-state index in [1.54, 1.807) is 0 Å². The SMILES string of the molecule is Brc1ccc(C2CNCCC2c2cccc(Br)c2)cc1. The summed E-state index contributed by atoms with van der Waals surface area (Å²) < 4.78 is 2.31. The summed E-state index contributed by atoms with van der Waals surface area (Å²) in [5.41, 5.74) is 2.86. The van der Waals surface area contributed by atoms with E-state index in [-0.39, 0.29) is 0 Å². The van der Waals surface area contributed by atoms with Crippen LogP contribution in [-0.4, -0.2) is 13.1 Å². The van der Waals surface area contributed by atoms with Crippen LogP contribution in [0.4, 0.5) is 0 Å². The first-order valence-corrected chi connectivity index (χ1v) is 8.54. The Balaban J connectivity index is 1.93. The van der Waals surface area contributed by atoms with Gasteiger partial charge in [0.2, 0.25) is 0 Å². The van der Waals surface area contributed by atoms with Crippen molar-refractivity contribution in [3.05, 3.63) is 68.6 Å². The third-order valence-corrected chi connectivity index (χ3v) is 5.08. The second-order valence-electron chi connectivity index (χ2n) is 5.31. The van der Waals surface area contributed by atoms with Crippen molar-refractivity contribution in [1.29, 1.82) is 0 Å². The maximum Gasteiger partial charge on any atom is 0.0178 e. The number of nitrogens with one attached hydrogen (secondary N) is 1. The molecule has 3 rings (SSSR count). The van der Waals surface area contributed by atoms with Crippen LogP contribution in [0.1, 0.15) is 29.4 Å². The largest absolute Gasteiger partial charge is 0.316 e. The van der Waals surface area contributed by atoms with Gasteiger partial charge in [0.05, 0.1) is 0 Å². The van der Waals surface area contributed by atoms with Crippen molar-refractivity contribution in [3.8, 4) is 0 Å². The van der Waals surface area contributed by atoms with Gasteiger partial charge in [0.25, 0.3) is 0 Å². The molecule has 1 heterocycles. The zero-order valence-corrected chi connectivity index (χ0v) is 14.3. The second-order valence-corrected chi connectivity index (χ2v) is 7.14. The number of benzene rings is 2. The summed E-state index contributed by atoms with van der Waals surface area (Å²) in [4.78, 5) is 0. The Hall–Kier alpha value is -0.640. The molecule has 0 aliphatic carbocycles. The summed E-state index contributed by atoms with van der Waals surface area (Å²) in [6, 6.07) is 17.5. The van der Waals surface area contributed by atoms with Crippen LogP contribution in [0, 0.1) is 0 Å². The van der Waals surface area contributed by atoms with Gasteiger partial charge in [0.15, 0.2) is 0 Å². The minimum atomic E-state index is 0.547. The van der Waals surface area contributed by atoms with Gasteiger partial charge in [-0.3, -0.25) is 0 Å². The Morgan fingerprint density at radius 1 is 0.850 bits per heavy atom. The fraction of sp³-hybridized carbons (Fsp3) is 0.294. The summed E-state index contributed by atoms with van der Waals surface area (Å²) in [5, 5.41) is 3.54. The van der Waals surface area contributed by atoms with Crippen LogP contribution < -0.4 is 5.32 Å². The molecule has 3 heteroatoms. The van der Waals surface area contributed by atoms with Crippen LogP contribution in [0.25, 0.3) is 0 Å². The average molecular weight is 395 g/mol. The van der Waals surface area contributed by atoms with E-state index in [2.05, 4.69) is 85.7 Å². The molecule has 2 aromatic rings. The lowest BCUT2D eigenvalue weighted by atomic mass is 9.77. The van der Waals surface area contributed by atoms with E-state index < -0.39 is 0 Å². The van der Waals surface area contributed by atoms with E-state index >= 15 is 0 Å². The Kier molecular flexibility index (Phi) is 4.59. The highest BCUT2D eigenvalue weighted by Crippen LogP contribution is 2.38. The summed E-state index contributed by atoms with van der Waals surface area (Å²) in [5.74, 6) is 1.14. The quantitative estimate of drug-likeness (QED) is 0.749. The summed E-state index contributed by atoms with van der Waals surface area (Å²) >= 11 is 7.11. The molecule has 0 amide bonds. The van der Waals surface area contributed by atoms with E-state index in [4.69, 9.17) is 0 Å². The number of rotatable bonds is 2. The smallest absolute Gasteiger partial charge is 0.0178 e. The van der Waals surface area contributed by atoms with Gasteiger partial charge in [0, 0.05) is 21.4 Å². The van der Waals surface area contributed by atoms with Gasteiger partial charge in [-0.15, -0.1) is 0 Å². The van der Waals surface area contributed by atoms with Gasteiger partial charge in [0.1, 0.15) is 0 Å². The molecule has 2 unspecified atom stereocenters. The van der Waals surface area contributed by atoms with Crippen molar-refractivity contribution in [3.63, 3.8) is 0 Å². The Morgan fingerprint density at radius 2 is 1.65 bits per heavy atom. The molecule has 0 radical (unpaired) electrons. The topological polar surface area (TPSA) is 12.0 Å². The van der Waals surface area contributed by atoms with Gasteiger partial charge in [-0.1, -0.05) is 56.1 Å². The fourth-order valence-electron chi connectivity index (χ4n) is 3.05. The lowest BCUT2D eigenvalue weighted by Gasteiger charge is -2.33. The molecule has 2 aromatic carbocycles. The molecule has 1 aliphatic heterocycles. The molecule has 1 aliphatic rings. The van der Waals surface area contributed by atoms with E-state index in [0.717, 1.165) is 17.6 Å². The van der Waals surface area contributed by atoms with Crippen molar-refractivity contribution in [2.24, 2.45) is 0 Å². The van der Waals surface area contributed by atoms with Crippen molar-refractivity contribution >= 4 is 31.9 Å². The first-order valence-electron chi connectivity index (χ1n) is 6.95. The summed E-state index contributed by atoms with van der Waals surface area (Å²) in [7, 11) is 0. The van der Waals surface area contributed by atoms with Crippen LogP contribution >= 0.6 is 31.9 Å². The van der Waals surface area contributed by atoms with Crippen LogP contribution in [0.5, 0.6) is 0 Å². The monoisotopic (exact) mass is 393 g/mol. The Labute approximate surface area is 137 Å². The minimum absolute atomic E-state index is 0.547. The van der Waals surface area contributed by atoms with Crippen molar-refractivity contribution in [1.82, 2.24) is 5.32 Å². The van der Waals surface area contributed by atoms with Crippen LogP contribution in [0.15, 0.2) is 57.5 Å². The highest BCUT2D eigenvalue weighted by molar-refractivity contribution is 9.10. The zero-order chi connectivity index (χ0) is 13.9. The van der Waals surface area contributed by atoms with Gasteiger partial charge in [-0.05, 0) is 54.3 Å². The first-order chi connectivity index (χ1) is 9.74. The number of hydrogen-bond donors (Lipinski definition) is 1. The average Bonchev–Trinajstić information content (AvgIpc) is 2.48. The first kappa shape index (κ1) is 14.3. The molecule has 2 atom stereocenters. The van der Waals surface area contributed by atoms with E-state index in [0.29, 0.717) is 11.8 Å². The highest BCUT2D eigenvalue weighted by atomic mass is 79.9. The van der Waals surface area contributed by atoms with Gasteiger partial charge < -0.3 is 5.32 Å². The third-order valence-electron chi connectivity index (χ3n) is 4.06. The highest BCUT2D eigenvalue weighted by Gasteiger charge is 2.27. The second kappa shape index (κ2) is 6.42. The van der Waals surface area contributed by atoms with Crippen LogP contribution in [0.2, 0.25) is 0 Å². The maximum absolute atomic E-state index is 3.59. The molecule has 1 nitrogen and oxygen atoms in total. The molecule has 0 spiro atoms. The Bertz CT molecular complexity index is 580. The summed E-state index contributed by atoms with van der Waals surface area (Å²) in [6.45, 7) is 2.16. The molecule has 0 aromatic heterocycles. The number of piperidine rings is 1. The van der Waals surface area contributed by atoms with Gasteiger partial charge in [-0.25, -0.2) is 0 Å². The molecule has 104 valence electrons. The predicted molar refractivity (Wildman–Crippen MR) is 91.3 cm³/mol. The zero-order valence-electron chi connectivity index (χ0n) is 11.2. The minimum Gasteiger partial charge on any atom is -0.316 e. The Morgan fingerprint density at radius 3 is 2.40 bits per heavy atom. The van der Waals surface area contributed by atoms with E-state index in [1.165, 1.54) is 22.0 Å². The molecule has 1 N–H and O–H groups in total. The van der Waals surface area contributed by atoms with Crippen molar-refractivity contribution < 1.29 is 0 Å². The van der Waals surface area contributed by atoms with E-state index in [9.17, 15) is 0 Å². The number of hydrogen-bond acceptors (Lipinski definition) is 1. The maximum atomic E-state index is 3.59. The molecular formula is C17H17Br2N. The normalized spacial score (nSPS) is 22.7. The molecular weight excluding hydrogens is 378 g/mol. The van der Waals surface area contributed by atoms with Crippen LogP contribution in [0.3, 0.4) is 0 Å². The fourth-order valence-corrected chi connectivity index (χ4v) is 3.74. The standard InChI is InChI=1S/C17H17Br2N/c18-14-6-4-12(5-7-14)17-11-20-9-8-16(17)13-2-1-3-15(19)10-13/h1-7,10,16-17,20H,8-9,11H2.